The van der Waals surface area contributed by atoms with Crippen molar-refractivity contribution in [2.75, 3.05) is 20.3 Å². The Morgan fingerprint density at radius 1 is 1.36 bits per heavy atom. The normalized spacial score (nSPS) is 20.1. The summed E-state index contributed by atoms with van der Waals surface area (Å²) in [6.45, 7) is 4.29. The second-order valence-electron chi connectivity index (χ2n) is 4.59. The van der Waals surface area contributed by atoms with E-state index in [9.17, 15) is 0 Å². The Bertz CT molecular complexity index is 132. The third kappa shape index (κ3) is 4.97. The molecule has 1 unspecified atom stereocenters. The number of nitrogens with one attached hydrogen (secondary N) is 1. The van der Waals surface area contributed by atoms with E-state index in [2.05, 4.69) is 12.2 Å². The van der Waals surface area contributed by atoms with Gasteiger partial charge in [-0.15, -0.1) is 0 Å². The molecule has 1 saturated carbocycles. The number of rotatable bonds is 7. The molecule has 14 heavy (non-hydrogen) atoms. The molecule has 0 aromatic rings. The minimum atomic E-state index is 0.690. The Labute approximate surface area is 88.4 Å². The monoisotopic (exact) mass is 199 g/mol. The first-order valence-electron chi connectivity index (χ1n) is 6.05. The average molecular weight is 199 g/mol. The maximum absolute atomic E-state index is 5.02. The molecule has 0 heterocycles. The number of ether oxygens (including phenoxy) is 1. The third-order valence-corrected chi connectivity index (χ3v) is 3.18. The largest absolute Gasteiger partial charge is 0.385 e. The zero-order chi connectivity index (χ0) is 10.2. The highest BCUT2D eigenvalue weighted by Gasteiger charge is 2.17. The number of methoxy groups -OCH3 is 1. The van der Waals surface area contributed by atoms with Crippen LogP contribution in [0.25, 0.3) is 0 Å². The molecule has 0 aliphatic heterocycles. The fourth-order valence-electron chi connectivity index (χ4n) is 2.39. The van der Waals surface area contributed by atoms with Crippen molar-refractivity contribution in [3.05, 3.63) is 0 Å². The van der Waals surface area contributed by atoms with Crippen molar-refractivity contribution in [2.24, 2.45) is 5.92 Å². The van der Waals surface area contributed by atoms with Crippen molar-refractivity contribution < 1.29 is 4.74 Å². The van der Waals surface area contributed by atoms with Gasteiger partial charge in [0, 0.05) is 19.8 Å². The Hall–Kier alpha value is -0.0800. The van der Waals surface area contributed by atoms with E-state index in [1.807, 2.05) is 0 Å². The summed E-state index contributed by atoms with van der Waals surface area (Å²) in [4.78, 5) is 0. The highest BCUT2D eigenvalue weighted by molar-refractivity contribution is 4.72. The molecule has 0 amide bonds. The highest BCUT2D eigenvalue weighted by atomic mass is 16.5. The van der Waals surface area contributed by atoms with Crippen LogP contribution >= 0.6 is 0 Å². The summed E-state index contributed by atoms with van der Waals surface area (Å²) >= 11 is 0. The average Bonchev–Trinajstić information content (AvgIpc) is 2.65. The van der Waals surface area contributed by atoms with Crippen molar-refractivity contribution in [3.63, 3.8) is 0 Å². The van der Waals surface area contributed by atoms with Crippen LogP contribution in [0.5, 0.6) is 0 Å². The third-order valence-electron chi connectivity index (χ3n) is 3.18. The van der Waals surface area contributed by atoms with Gasteiger partial charge in [0.1, 0.15) is 0 Å². The predicted molar refractivity (Wildman–Crippen MR) is 60.5 cm³/mol. The van der Waals surface area contributed by atoms with E-state index in [1.54, 1.807) is 7.11 Å². The second-order valence-corrected chi connectivity index (χ2v) is 4.59. The van der Waals surface area contributed by atoms with Gasteiger partial charge in [0.15, 0.2) is 0 Å². The zero-order valence-electron chi connectivity index (χ0n) is 9.72. The smallest absolute Gasteiger partial charge is 0.0474 e. The lowest BCUT2D eigenvalue weighted by Crippen LogP contribution is -2.29. The Balaban J connectivity index is 1.95. The molecule has 1 N–H and O–H groups in total. The van der Waals surface area contributed by atoms with Gasteiger partial charge in [-0.05, 0) is 32.2 Å². The van der Waals surface area contributed by atoms with Crippen LogP contribution in [0, 0.1) is 5.92 Å². The van der Waals surface area contributed by atoms with Gasteiger partial charge in [0.05, 0.1) is 0 Å². The summed E-state index contributed by atoms with van der Waals surface area (Å²) in [5, 5.41) is 3.56. The van der Waals surface area contributed by atoms with E-state index in [0.29, 0.717) is 6.04 Å². The fourth-order valence-corrected chi connectivity index (χ4v) is 2.39. The maximum atomic E-state index is 5.02. The van der Waals surface area contributed by atoms with Crippen LogP contribution in [-0.2, 0) is 4.74 Å². The Morgan fingerprint density at radius 3 is 2.71 bits per heavy atom. The Kier molecular flexibility index (Phi) is 6.20. The summed E-state index contributed by atoms with van der Waals surface area (Å²) in [6, 6.07) is 0.690. The first kappa shape index (κ1) is 12.0. The standard InChI is InChI=1S/C12H25NO/c1-11(13-8-5-9-14-2)10-12-6-3-4-7-12/h11-13H,3-10H2,1-2H3. The van der Waals surface area contributed by atoms with Gasteiger partial charge in [-0.25, -0.2) is 0 Å². The van der Waals surface area contributed by atoms with Gasteiger partial charge in [0.25, 0.3) is 0 Å². The molecule has 1 fully saturated rings. The van der Waals surface area contributed by atoms with Crippen LogP contribution in [-0.4, -0.2) is 26.3 Å². The summed E-state index contributed by atoms with van der Waals surface area (Å²) < 4.78 is 5.02. The molecule has 1 aliphatic carbocycles. The molecule has 0 bridgehead atoms. The van der Waals surface area contributed by atoms with E-state index in [1.165, 1.54) is 32.1 Å². The number of hydrogen-bond acceptors (Lipinski definition) is 2. The molecule has 0 aromatic heterocycles. The summed E-state index contributed by atoms with van der Waals surface area (Å²) in [6.07, 6.45) is 8.34. The van der Waals surface area contributed by atoms with Crippen LogP contribution < -0.4 is 5.32 Å². The van der Waals surface area contributed by atoms with Crippen molar-refractivity contribution >= 4 is 0 Å². The molecule has 1 atom stereocenters. The van der Waals surface area contributed by atoms with Crippen LogP contribution in [0.1, 0.15) is 45.4 Å². The van der Waals surface area contributed by atoms with Gasteiger partial charge >= 0.3 is 0 Å². The van der Waals surface area contributed by atoms with Crippen molar-refractivity contribution in [1.82, 2.24) is 5.32 Å². The van der Waals surface area contributed by atoms with Crippen LogP contribution in [0.2, 0.25) is 0 Å². The van der Waals surface area contributed by atoms with E-state index in [-0.39, 0.29) is 0 Å². The topological polar surface area (TPSA) is 21.3 Å². The van der Waals surface area contributed by atoms with Crippen molar-refractivity contribution in [3.8, 4) is 0 Å². The molecule has 2 heteroatoms. The first-order valence-corrected chi connectivity index (χ1v) is 6.05. The molecule has 0 spiro atoms. The van der Waals surface area contributed by atoms with E-state index in [0.717, 1.165) is 25.5 Å². The highest BCUT2D eigenvalue weighted by Crippen LogP contribution is 2.28. The summed E-state index contributed by atoms with van der Waals surface area (Å²) in [5.74, 6) is 1.000. The quantitative estimate of drug-likeness (QED) is 0.636. The Morgan fingerprint density at radius 2 is 2.07 bits per heavy atom. The zero-order valence-corrected chi connectivity index (χ0v) is 9.72. The summed E-state index contributed by atoms with van der Waals surface area (Å²) in [7, 11) is 1.77. The lowest BCUT2D eigenvalue weighted by Gasteiger charge is -2.17. The molecule has 84 valence electrons. The fraction of sp³-hybridized carbons (Fsp3) is 1.00. The molecule has 0 saturated heterocycles. The molecule has 1 aliphatic rings. The summed E-state index contributed by atoms with van der Waals surface area (Å²) in [5.41, 5.74) is 0. The van der Waals surface area contributed by atoms with E-state index < -0.39 is 0 Å². The van der Waals surface area contributed by atoms with E-state index >= 15 is 0 Å². The maximum Gasteiger partial charge on any atom is 0.0474 e. The molecule has 2 nitrogen and oxygen atoms in total. The minimum Gasteiger partial charge on any atom is -0.385 e. The second kappa shape index (κ2) is 7.24. The minimum absolute atomic E-state index is 0.690. The molecular formula is C12H25NO. The molecule has 0 aromatic carbocycles. The lowest BCUT2D eigenvalue weighted by atomic mass is 9.99. The molecule has 0 radical (unpaired) electrons. The molecule has 1 rings (SSSR count). The van der Waals surface area contributed by atoms with Crippen LogP contribution in [0.15, 0.2) is 0 Å². The van der Waals surface area contributed by atoms with Gasteiger partial charge in [-0.1, -0.05) is 25.7 Å². The number of hydrogen-bond donors (Lipinski definition) is 1. The molecular weight excluding hydrogens is 174 g/mol. The predicted octanol–water partition coefficient (Wildman–Crippen LogP) is 2.58. The van der Waals surface area contributed by atoms with E-state index in [4.69, 9.17) is 4.74 Å². The van der Waals surface area contributed by atoms with Crippen molar-refractivity contribution in [1.29, 1.82) is 0 Å². The van der Waals surface area contributed by atoms with Gasteiger partial charge in [0.2, 0.25) is 0 Å². The first-order chi connectivity index (χ1) is 6.83. The van der Waals surface area contributed by atoms with Gasteiger partial charge in [-0.2, -0.15) is 0 Å². The van der Waals surface area contributed by atoms with Crippen molar-refractivity contribution in [2.45, 2.75) is 51.5 Å². The SMILES string of the molecule is COCCCNC(C)CC1CCCC1. The van der Waals surface area contributed by atoms with Crippen LogP contribution in [0.4, 0.5) is 0 Å². The van der Waals surface area contributed by atoms with Gasteiger partial charge < -0.3 is 10.1 Å². The lowest BCUT2D eigenvalue weighted by molar-refractivity contribution is 0.193. The van der Waals surface area contributed by atoms with Gasteiger partial charge in [-0.3, -0.25) is 0 Å². The van der Waals surface area contributed by atoms with Crippen LogP contribution in [0.3, 0.4) is 0 Å².